The third kappa shape index (κ3) is 2.13. The fourth-order valence-corrected chi connectivity index (χ4v) is 3.52. The molecule has 0 N–H and O–H groups in total. The minimum atomic E-state index is -0.544. The van der Waals surface area contributed by atoms with Gasteiger partial charge in [-0.15, -0.1) is 0 Å². The van der Waals surface area contributed by atoms with Gasteiger partial charge in [-0.25, -0.2) is 0 Å². The van der Waals surface area contributed by atoms with Gasteiger partial charge in [0.05, 0.1) is 12.7 Å². The number of epoxide rings is 1. The average Bonchev–Trinajstić information content (AvgIpc) is 3.34. The van der Waals surface area contributed by atoms with E-state index in [-0.39, 0.29) is 12.0 Å². The number of nitrogens with zero attached hydrogens (tertiary/aromatic N) is 1. The predicted octanol–water partition coefficient (Wildman–Crippen LogP) is 2.60. The van der Waals surface area contributed by atoms with E-state index in [1.54, 1.807) is 0 Å². The van der Waals surface area contributed by atoms with Crippen molar-refractivity contribution in [3.05, 3.63) is 71.8 Å². The Morgan fingerprint density at radius 2 is 1.55 bits per heavy atom. The molecule has 0 aliphatic carbocycles. The Labute approximate surface area is 130 Å². The lowest BCUT2D eigenvalue weighted by atomic mass is 9.73. The molecule has 1 atom stereocenters. The van der Waals surface area contributed by atoms with Crippen LogP contribution >= 0.6 is 0 Å². The van der Waals surface area contributed by atoms with Crippen molar-refractivity contribution in [1.82, 2.24) is 4.90 Å². The van der Waals surface area contributed by atoms with Crippen molar-refractivity contribution in [3.8, 4) is 0 Å². The first kappa shape index (κ1) is 13.5. The summed E-state index contributed by atoms with van der Waals surface area (Å²) >= 11 is 0. The van der Waals surface area contributed by atoms with Gasteiger partial charge in [0, 0.05) is 13.1 Å². The molecule has 2 aliphatic rings. The summed E-state index contributed by atoms with van der Waals surface area (Å²) in [4.78, 5) is 15.2. The molecule has 1 amide bonds. The van der Waals surface area contributed by atoms with Crippen LogP contribution < -0.4 is 0 Å². The molecular formula is C19H19NO2. The quantitative estimate of drug-likeness (QED) is 0.812. The van der Waals surface area contributed by atoms with Gasteiger partial charge < -0.3 is 9.64 Å². The molecule has 2 aromatic rings. The molecular weight excluding hydrogens is 274 g/mol. The van der Waals surface area contributed by atoms with Gasteiger partial charge in [0.2, 0.25) is 5.91 Å². The molecule has 0 aromatic heterocycles. The van der Waals surface area contributed by atoms with Gasteiger partial charge in [0.15, 0.2) is 0 Å². The summed E-state index contributed by atoms with van der Waals surface area (Å²) in [7, 11) is 0. The van der Waals surface area contributed by atoms with E-state index in [1.807, 2.05) is 41.3 Å². The Hall–Kier alpha value is -2.13. The lowest BCUT2D eigenvalue weighted by molar-refractivity contribution is -0.131. The number of ether oxygens (including phenoxy) is 1. The molecule has 112 valence electrons. The van der Waals surface area contributed by atoms with Gasteiger partial charge in [-0.3, -0.25) is 4.79 Å². The van der Waals surface area contributed by atoms with Crippen molar-refractivity contribution in [2.24, 2.45) is 0 Å². The largest absolute Gasteiger partial charge is 0.371 e. The van der Waals surface area contributed by atoms with Gasteiger partial charge in [-0.2, -0.15) is 0 Å². The zero-order valence-electron chi connectivity index (χ0n) is 12.4. The monoisotopic (exact) mass is 293 g/mol. The van der Waals surface area contributed by atoms with Crippen LogP contribution in [0.4, 0.5) is 0 Å². The normalized spacial score (nSPS) is 22.8. The van der Waals surface area contributed by atoms with Gasteiger partial charge in [0.1, 0.15) is 5.41 Å². The maximum absolute atomic E-state index is 13.3. The molecule has 2 aliphatic heterocycles. The summed E-state index contributed by atoms with van der Waals surface area (Å²) in [6.07, 6.45) is 1.07. The number of carbonyl (C=O) groups excluding carboxylic acids is 1. The van der Waals surface area contributed by atoms with E-state index in [0.717, 1.165) is 37.2 Å². The Morgan fingerprint density at radius 3 is 2.05 bits per heavy atom. The third-order valence-electron chi connectivity index (χ3n) is 4.77. The molecule has 0 bridgehead atoms. The second-order valence-electron chi connectivity index (χ2n) is 6.09. The van der Waals surface area contributed by atoms with Crippen LogP contribution in [0, 0.1) is 0 Å². The van der Waals surface area contributed by atoms with Gasteiger partial charge in [-0.1, -0.05) is 60.7 Å². The second-order valence-corrected chi connectivity index (χ2v) is 6.09. The highest BCUT2D eigenvalue weighted by Gasteiger charge is 2.50. The highest BCUT2D eigenvalue weighted by molar-refractivity contribution is 5.94. The molecule has 22 heavy (non-hydrogen) atoms. The summed E-state index contributed by atoms with van der Waals surface area (Å²) < 4.78 is 5.30. The van der Waals surface area contributed by atoms with E-state index in [0.29, 0.717) is 0 Å². The van der Waals surface area contributed by atoms with Gasteiger partial charge >= 0.3 is 0 Å². The molecule has 2 heterocycles. The van der Waals surface area contributed by atoms with Crippen LogP contribution in [0.25, 0.3) is 0 Å². The van der Waals surface area contributed by atoms with E-state index >= 15 is 0 Å². The van der Waals surface area contributed by atoms with Crippen LogP contribution in [0.3, 0.4) is 0 Å². The number of benzene rings is 2. The molecule has 1 unspecified atom stereocenters. The Balaban J connectivity index is 1.78. The van der Waals surface area contributed by atoms with Gasteiger partial charge in [0.25, 0.3) is 0 Å². The highest BCUT2D eigenvalue weighted by Crippen LogP contribution is 2.42. The van der Waals surface area contributed by atoms with Crippen LogP contribution in [0.1, 0.15) is 17.5 Å². The number of rotatable bonds is 4. The molecule has 4 rings (SSSR count). The molecule has 2 saturated heterocycles. The lowest BCUT2D eigenvalue weighted by Crippen LogP contribution is -2.40. The summed E-state index contributed by atoms with van der Waals surface area (Å²) in [6, 6.07) is 20.3. The number of hydrogen-bond acceptors (Lipinski definition) is 2. The van der Waals surface area contributed by atoms with Crippen LogP contribution in [-0.4, -0.2) is 36.6 Å². The van der Waals surface area contributed by atoms with Crippen molar-refractivity contribution < 1.29 is 9.53 Å². The zero-order chi connectivity index (χ0) is 15.0. The van der Waals surface area contributed by atoms with E-state index in [4.69, 9.17) is 4.74 Å². The maximum Gasteiger partial charge on any atom is 0.237 e. The average molecular weight is 293 g/mol. The maximum atomic E-state index is 13.3. The Bertz CT molecular complexity index is 625. The molecule has 0 spiro atoms. The van der Waals surface area contributed by atoms with Crippen molar-refractivity contribution in [2.45, 2.75) is 17.9 Å². The minimum absolute atomic E-state index is 0.209. The standard InChI is InChI=1S/C19H19NO2/c21-18-19(15-7-3-1-4-8-15,16-9-5-2-6-10-16)11-12-20(18)13-17-14-22-17/h1-10,17H,11-14H2. The van der Waals surface area contributed by atoms with Crippen LogP contribution in [0.2, 0.25) is 0 Å². The molecule has 0 saturated carbocycles. The molecule has 3 nitrogen and oxygen atoms in total. The fraction of sp³-hybridized carbons (Fsp3) is 0.316. The SMILES string of the molecule is O=C1N(CC2CO2)CCC1(c1ccccc1)c1ccccc1. The number of carbonyl (C=O) groups is 1. The topological polar surface area (TPSA) is 32.8 Å². The Morgan fingerprint density at radius 1 is 1.00 bits per heavy atom. The summed E-state index contributed by atoms with van der Waals surface area (Å²) in [5.74, 6) is 0.209. The van der Waals surface area contributed by atoms with Crippen molar-refractivity contribution in [1.29, 1.82) is 0 Å². The van der Waals surface area contributed by atoms with E-state index in [2.05, 4.69) is 24.3 Å². The second kappa shape index (κ2) is 5.25. The van der Waals surface area contributed by atoms with Gasteiger partial charge in [-0.05, 0) is 17.5 Å². The molecule has 2 fully saturated rings. The van der Waals surface area contributed by atoms with E-state index < -0.39 is 5.41 Å². The zero-order valence-corrected chi connectivity index (χ0v) is 12.4. The Kier molecular flexibility index (Phi) is 3.23. The summed E-state index contributed by atoms with van der Waals surface area (Å²) in [6.45, 7) is 2.30. The fourth-order valence-electron chi connectivity index (χ4n) is 3.52. The van der Waals surface area contributed by atoms with E-state index in [9.17, 15) is 4.79 Å². The summed E-state index contributed by atoms with van der Waals surface area (Å²) in [5, 5.41) is 0. The smallest absolute Gasteiger partial charge is 0.237 e. The first-order chi connectivity index (χ1) is 10.8. The van der Waals surface area contributed by atoms with Crippen LogP contribution in [0.5, 0.6) is 0 Å². The lowest BCUT2D eigenvalue weighted by Gasteiger charge is -2.29. The van der Waals surface area contributed by atoms with Crippen molar-refractivity contribution in [2.75, 3.05) is 19.7 Å². The minimum Gasteiger partial charge on any atom is -0.371 e. The number of hydrogen-bond donors (Lipinski definition) is 0. The third-order valence-corrected chi connectivity index (χ3v) is 4.77. The van der Waals surface area contributed by atoms with Crippen LogP contribution in [0.15, 0.2) is 60.7 Å². The molecule has 3 heteroatoms. The number of likely N-dealkylation sites (tertiary alicyclic amines) is 1. The molecule has 2 aromatic carbocycles. The molecule has 0 radical (unpaired) electrons. The van der Waals surface area contributed by atoms with E-state index in [1.165, 1.54) is 0 Å². The number of amides is 1. The predicted molar refractivity (Wildman–Crippen MR) is 84.6 cm³/mol. The first-order valence-electron chi connectivity index (χ1n) is 7.83. The first-order valence-corrected chi connectivity index (χ1v) is 7.83. The summed E-state index contributed by atoms with van der Waals surface area (Å²) in [5.41, 5.74) is 1.63. The van der Waals surface area contributed by atoms with Crippen molar-refractivity contribution >= 4 is 5.91 Å². The van der Waals surface area contributed by atoms with Crippen LogP contribution in [-0.2, 0) is 14.9 Å². The highest BCUT2D eigenvalue weighted by atomic mass is 16.6. The van der Waals surface area contributed by atoms with Crippen molar-refractivity contribution in [3.63, 3.8) is 0 Å².